The van der Waals surface area contributed by atoms with Gasteiger partial charge in [-0.2, -0.15) is 22.7 Å². The van der Waals surface area contributed by atoms with Crippen molar-refractivity contribution in [1.29, 1.82) is 0 Å². The molecule has 0 N–H and O–H groups in total. The molecule has 0 radical (unpaired) electrons. The van der Waals surface area contributed by atoms with Crippen LogP contribution in [0.1, 0.15) is 33.3 Å². The van der Waals surface area contributed by atoms with Crippen LogP contribution in [-0.4, -0.2) is 17.5 Å². The minimum absolute atomic E-state index is 0.0452. The van der Waals surface area contributed by atoms with Crippen LogP contribution >= 0.6 is 22.7 Å². The fourth-order valence-corrected chi connectivity index (χ4v) is 4.14. The van der Waals surface area contributed by atoms with Gasteiger partial charge in [0.05, 0.1) is 13.2 Å². The van der Waals surface area contributed by atoms with Crippen molar-refractivity contribution in [2.75, 3.05) is 6.73 Å². The number of ether oxygens (including phenoxy) is 2. The van der Waals surface area contributed by atoms with Crippen LogP contribution in [0, 0.1) is 0 Å². The Morgan fingerprint density at radius 2 is 1.68 bits per heavy atom. The molecule has 1 aliphatic rings. The second-order valence-corrected chi connectivity index (χ2v) is 7.33. The lowest BCUT2D eigenvalue weighted by Gasteiger charge is -2.25. The Morgan fingerprint density at radius 3 is 2.40 bits per heavy atom. The predicted molar refractivity (Wildman–Crippen MR) is 98.4 cm³/mol. The molecule has 6 heteroatoms. The number of carbonyl (C=O) groups is 1. The average molecular weight is 371 g/mol. The first-order valence-corrected chi connectivity index (χ1v) is 9.83. The first-order chi connectivity index (χ1) is 12.3. The Bertz CT molecular complexity index is 830. The van der Waals surface area contributed by atoms with Gasteiger partial charge in [-0.25, -0.2) is 0 Å². The Morgan fingerprint density at radius 1 is 0.960 bits per heavy atom. The van der Waals surface area contributed by atoms with Crippen molar-refractivity contribution in [3.05, 3.63) is 80.2 Å². The molecule has 0 saturated heterocycles. The van der Waals surface area contributed by atoms with Crippen LogP contribution in [-0.2, 0) is 22.7 Å². The summed E-state index contributed by atoms with van der Waals surface area (Å²) < 4.78 is 11.8. The van der Waals surface area contributed by atoms with E-state index in [4.69, 9.17) is 9.47 Å². The molecule has 4 rings (SSSR count). The molecule has 1 amide bonds. The van der Waals surface area contributed by atoms with Crippen molar-refractivity contribution in [3.63, 3.8) is 0 Å². The summed E-state index contributed by atoms with van der Waals surface area (Å²) in [6, 6.07) is 11.7. The number of hydrogen-bond donors (Lipinski definition) is 0. The summed E-state index contributed by atoms with van der Waals surface area (Å²) in [5.41, 5.74) is 3.82. The summed E-state index contributed by atoms with van der Waals surface area (Å²) in [6.45, 7) is 1.16. The van der Waals surface area contributed by atoms with Crippen molar-refractivity contribution in [2.24, 2.45) is 0 Å². The normalized spacial score (nSPS) is 16.4. The molecule has 128 valence electrons. The van der Waals surface area contributed by atoms with E-state index >= 15 is 0 Å². The molecule has 3 heterocycles. The van der Waals surface area contributed by atoms with Gasteiger partial charge in [0.25, 0.3) is 5.91 Å². The second-order valence-electron chi connectivity index (χ2n) is 5.77. The van der Waals surface area contributed by atoms with E-state index in [1.165, 1.54) is 0 Å². The van der Waals surface area contributed by atoms with Crippen LogP contribution in [0.3, 0.4) is 0 Å². The average Bonchev–Trinajstić information content (AvgIpc) is 3.37. The maximum Gasteiger partial charge on any atom is 0.258 e. The van der Waals surface area contributed by atoms with Crippen molar-refractivity contribution in [2.45, 2.75) is 19.4 Å². The molecule has 1 aliphatic heterocycles. The number of thiophene rings is 2. The van der Waals surface area contributed by atoms with E-state index < -0.39 is 6.23 Å². The zero-order chi connectivity index (χ0) is 17.1. The van der Waals surface area contributed by atoms with Crippen LogP contribution in [0.5, 0.6) is 0 Å². The highest BCUT2D eigenvalue weighted by atomic mass is 32.1. The highest BCUT2D eigenvalue weighted by molar-refractivity contribution is 7.08. The fourth-order valence-electron chi connectivity index (χ4n) is 2.83. The molecule has 25 heavy (non-hydrogen) atoms. The van der Waals surface area contributed by atoms with Gasteiger partial charge in [-0.1, -0.05) is 18.2 Å². The van der Waals surface area contributed by atoms with Gasteiger partial charge in [0.15, 0.2) is 6.23 Å². The topological polar surface area (TPSA) is 38.8 Å². The highest BCUT2D eigenvalue weighted by Gasteiger charge is 2.37. The van der Waals surface area contributed by atoms with E-state index in [9.17, 15) is 4.79 Å². The quantitative estimate of drug-likeness (QED) is 0.606. The van der Waals surface area contributed by atoms with Crippen LogP contribution in [0.25, 0.3) is 0 Å². The van der Waals surface area contributed by atoms with Crippen LogP contribution in [0.15, 0.2) is 57.9 Å². The smallest absolute Gasteiger partial charge is 0.258 e. The van der Waals surface area contributed by atoms with E-state index in [0.29, 0.717) is 18.8 Å². The molecular weight excluding hydrogens is 354 g/mol. The summed E-state index contributed by atoms with van der Waals surface area (Å²) in [7, 11) is 0. The highest BCUT2D eigenvalue weighted by Crippen LogP contribution is 2.35. The summed E-state index contributed by atoms with van der Waals surface area (Å²) in [6.07, 6.45) is -0.411. The molecule has 0 fully saturated rings. The van der Waals surface area contributed by atoms with E-state index in [1.54, 1.807) is 27.6 Å². The van der Waals surface area contributed by atoms with Gasteiger partial charge in [0.2, 0.25) is 0 Å². The molecule has 0 bridgehead atoms. The zero-order valence-electron chi connectivity index (χ0n) is 13.5. The van der Waals surface area contributed by atoms with Gasteiger partial charge in [-0.05, 0) is 50.8 Å². The summed E-state index contributed by atoms with van der Waals surface area (Å²) in [5.74, 6) is -0.0452. The minimum Gasteiger partial charge on any atom is -0.356 e. The number of carbonyl (C=O) groups excluding carboxylic acids is 1. The molecule has 4 nitrogen and oxygen atoms in total. The van der Waals surface area contributed by atoms with Crippen LogP contribution < -0.4 is 0 Å². The van der Waals surface area contributed by atoms with Crippen LogP contribution in [0.4, 0.5) is 0 Å². The monoisotopic (exact) mass is 371 g/mol. The van der Waals surface area contributed by atoms with Crippen molar-refractivity contribution in [3.8, 4) is 0 Å². The van der Waals surface area contributed by atoms with E-state index in [2.05, 4.69) is 5.38 Å². The predicted octanol–water partition coefficient (Wildman–Crippen LogP) is 4.66. The SMILES string of the molecule is O=C1c2ccccc2[C@@H](OCc2ccsc2)N1COCc1ccsc1. The van der Waals surface area contributed by atoms with Crippen molar-refractivity contribution >= 4 is 28.6 Å². The third kappa shape index (κ3) is 3.52. The molecule has 0 aliphatic carbocycles. The van der Waals surface area contributed by atoms with Gasteiger partial charge in [0.1, 0.15) is 6.73 Å². The van der Waals surface area contributed by atoms with E-state index in [0.717, 1.165) is 16.7 Å². The maximum atomic E-state index is 12.7. The van der Waals surface area contributed by atoms with Gasteiger partial charge < -0.3 is 9.47 Å². The van der Waals surface area contributed by atoms with E-state index in [1.807, 2.05) is 52.5 Å². The standard InChI is InChI=1S/C19H17NO3S2/c21-18-16-3-1-2-4-17(16)19(23-10-15-6-8-25-12-15)20(18)13-22-9-14-5-7-24-11-14/h1-8,11-12,19H,9-10,13H2/t19-/m1/s1. The van der Waals surface area contributed by atoms with Gasteiger partial charge in [-0.15, -0.1) is 0 Å². The third-order valence-electron chi connectivity index (χ3n) is 4.07. The number of fused-ring (bicyclic) bond motifs is 1. The maximum absolute atomic E-state index is 12.7. The lowest BCUT2D eigenvalue weighted by molar-refractivity contribution is -0.0921. The Labute approximate surface area is 154 Å². The molecule has 0 unspecified atom stereocenters. The number of hydrogen-bond acceptors (Lipinski definition) is 5. The number of rotatable bonds is 7. The fraction of sp³-hybridized carbons (Fsp3) is 0.211. The second kappa shape index (κ2) is 7.49. The molecule has 2 aromatic heterocycles. The molecular formula is C19H17NO3S2. The first kappa shape index (κ1) is 16.5. The van der Waals surface area contributed by atoms with Crippen molar-refractivity contribution < 1.29 is 14.3 Å². The third-order valence-corrected chi connectivity index (χ3v) is 5.53. The minimum atomic E-state index is -0.411. The summed E-state index contributed by atoms with van der Waals surface area (Å²) in [4.78, 5) is 14.4. The molecule has 1 aromatic carbocycles. The lowest BCUT2D eigenvalue weighted by Crippen LogP contribution is -2.31. The first-order valence-electron chi connectivity index (χ1n) is 7.94. The Hall–Kier alpha value is -1.99. The molecule has 0 spiro atoms. The lowest BCUT2D eigenvalue weighted by atomic mass is 10.1. The number of benzene rings is 1. The van der Waals surface area contributed by atoms with Crippen LogP contribution in [0.2, 0.25) is 0 Å². The number of amides is 1. The molecule has 3 aromatic rings. The summed E-state index contributed by atoms with van der Waals surface area (Å²) >= 11 is 3.27. The Balaban J connectivity index is 1.47. The Kier molecular flexibility index (Phi) is 4.94. The molecule has 0 saturated carbocycles. The van der Waals surface area contributed by atoms with Gasteiger partial charge in [-0.3, -0.25) is 9.69 Å². The van der Waals surface area contributed by atoms with Gasteiger partial charge in [0, 0.05) is 11.1 Å². The van der Waals surface area contributed by atoms with E-state index in [-0.39, 0.29) is 12.6 Å². The molecule has 1 atom stereocenters. The summed E-state index contributed by atoms with van der Waals surface area (Å²) in [5, 5.41) is 8.14. The zero-order valence-corrected chi connectivity index (χ0v) is 15.1. The largest absolute Gasteiger partial charge is 0.356 e. The van der Waals surface area contributed by atoms with Crippen molar-refractivity contribution in [1.82, 2.24) is 4.90 Å². The van der Waals surface area contributed by atoms with Gasteiger partial charge >= 0.3 is 0 Å². The number of nitrogens with zero attached hydrogens (tertiary/aromatic N) is 1.